The minimum Gasteiger partial charge on any atom is -0.316 e. The molecule has 2 aliphatic heterocycles. The molecule has 3 rings (SSSR count). The van der Waals surface area contributed by atoms with Crippen LogP contribution in [0.15, 0.2) is 4.79 Å². The van der Waals surface area contributed by atoms with Crippen LogP contribution in [0.3, 0.4) is 0 Å². The maximum Gasteiger partial charge on any atom is 0.271 e. The maximum absolute atomic E-state index is 12.1. The number of nitrogens with zero attached hydrogens (tertiary/aromatic N) is 1. The molecule has 1 saturated heterocycles. The number of rotatable bonds is 2. The molecule has 5 nitrogen and oxygen atoms in total. The molecule has 16 heavy (non-hydrogen) atoms. The van der Waals surface area contributed by atoms with Crippen LogP contribution in [0.1, 0.15) is 17.7 Å². The second kappa shape index (κ2) is 4.07. The Balaban J connectivity index is 1.84. The van der Waals surface area contributed by atoms with E-state index in [-0.39, 0.29) is 5.56 Å². The van der Waals surface area contributed by atoms with Crippen LogP contribution < -0.4 is 16.2 Å². The fraction of sp³-hybridized carbons (Fsp3) is 0.727. The molecule has 5 heteroatoms. The van der Waals surface area contributed by atoms with Gasteiger partial charge in [0.15, 0.2) is 0 Å². The molecule has 0 aromatic carbocycles. The highest BCUT2D eigenvalue weighted by Gasteiger charge is 2.20. The van der Waals surface area contributed by atoms with Gasteiger partial charge in [-0.25, -0.2) is 0 Å². The topological polar surface area (TPSA) is 61.9 Å². The van der Waals surface area contributed by atoms with Gasteiger partial charge < -0.3 is 10.6 Å². The normalized spacial score (nSPS) is 24.6. The minimum atomic E-state index is 0.175. The number of aromatic amines is 1. The van der Waals surface area contributed by atoms with Gasteiger partial charge in [-0.3, -0.25) is 14.6 Å². The number of hydrogen-bond donors (Lipinski definition) is 3. The van der Waals surface area contributed by atoms with Crippen molar-refractivity contribution in [1.82, 2.24) is 20.4 Å². The summed E-state index contributed by atoms with van der Waals surface area (Å²) in [5.41, 5.74) is 2.25. The highest BCUT2D eigenvalue weighted by atomic mass is 16.1. The van der Waals surface area contributed by atoms with Crippen LogP contribution in [-0.4, -0.2) is 29.4 Å². The zero-order chi connectivity index (χ0) is 11.0. The number of nitrogens with one attached hydrogen (secondary N) is 3. The van der Waals surface area contributed by atoms with Gasteiger partial charge in [0, 0.05) is 31.7 Å². The van der Waals surface area contributed by atoms with E-state index in [0.717, 1.165) is 50.4 Å². The number of aromatic nitrogens is 2. The van der Waals surface area contributed by atoms with E-state index in [4.69, 9.17) is 0 Å². The first kappa shape index (κ1) is 10.1. The summed E-state index contributed by atoms with van der Waals surface area (Å²) < 4.78 is 1.80. The Labute approximate surface area is 94.2 Å². The molecule has 2 aliphatic rings. The van der Waals surface area contributed by atoms with E-state index < -0.39 is 0 Å². The lowest BCUT2D eigenvalue weighted by atomic mass is 10.1. The summed E-state index contributed by atoms with van der Waals surface area (Å²) in [4.78, 5) is 12.1. The molecule has 1 atom stereocenters. The van der Waals surface area contributed by atoms with Crippen LogP contribution in [0.25, 0.3) is 0 Å². The molecule has 1 unspecified atom stereocenters. The van der Waals surface area contributed by atoms with E-state index >= 15 is 0 Å². The van der Waals surface area contributed by atoms with Gasteiger partial charge in [0.25, 0.3) is 5.56 Å². The van der Waals surface area contributed by atoms with E-state index in [1.165, 1.54) is 6.42 Å². The van der Waals surface area contributed by atoms with E-state index in [9.17, 15) is 4.79 Å². The number of fused-ring (bicyclic) bond motifs is 1. The summed E-state index contributed by atoms with van der Waals surface area (Å²) in [5, 5.41) is 9.84. The molecule has 1 fully saturated rings. The fourth-order valence-corrected chi connectivity index (χ4v) is 2.65. The Bertz CT molecular complexity index is 428. The monoisotopic (exact) mass is 222 g/mol. The van der Waals surface area contributed by atoms with Crippen LogP contribution in [0.5, 0.6) is 0 Å². The fourth-order valence-electron chi connectivity index (χ4n) is 2.65. The first-order valence-electron chi connectivity index (χ1n) is 6.06. The van der Waals surface area contributed by atoms with Gasteiger partial charge in [-0.2, -0.15) is 0 Å². The van der Waals surface area contributed by atoms with Gasteiger partial charge in [-0.1, -0.05) is 0 Å². The first-order valence-corrected chi connectivity index (χ1v) is 6.06. The summed E-state index contributed by atoms with van der Waals surface area (Å²) in [6, 6.07) is 0. The average Bonchev–Trinajstić information content (AvgIpc) is 2.90. The van der Waals surface area contributed by atoms with E-state index in [1.54, 1.807) is 4.68 Å². The Morgan fingerprint density at radius 2 is 2.25 bits per heavy atom. The van der Waals surface area contributed by atoms with Crippen molar-refractivity contribution in [3.05, 3.63) is 21.6 Å². The van der Waals surface area contributed by atoms with Crippen molar-refractivity contribution in [3.63, 3.8) is 0 Å². The second-order valence-corrected chi connectivity index (χ2v) is 4.77. The van der Waals surface area contributed by atoms with Gasteiger partial charge in [-0.15, -0.1) is 0 Å². The summed E-state index contributed by atoms with van der Waals surface area (Å²) in [6.07, 6.45) is 2.12. The molecular formula is C11H18N4O. The Hall–Kier alpha value is -1.07. The molecule has 0 aliphatic carbocycles. The molecule has 0 bridgehead atoms. The van der Waals surface area contributed by atoms with Crippen LogP contribution >= 0.6 is 0 Å². The van der Waals surface area contributed by atoms with Crippen LogP contribution in [0.4, 0.5) is 0 Å². The molecule has 0 radical (unpaired) electrons. The smallest absolute Gasteiger partial charge is 0.271 e. The largest absolute Gasteiger partial charge is 0.316 e. The molecule has 3 heterocycles. The molecule has 1 aromatic heterocycles. The third-order valence-electron chi connectivity index (χ3n) is 3.59. The SMILES string of the molecule is O=c1c2c([nH]n1CC1CCNC1)CCNC2. The van der Waals surface area contributed by atoms with Crippen molar-refractivity contribution in [2.75, 3.05) is 19.6 Å². The predicted molar refractivity (Wildman–Crippen MR) is 61.4 cm³/mol. The van der Waals surface area contributed by atoms with Gasteiger partial charge in [0.05, 0.1) is 5.56 Å². The second-order valence-electron chi connectivity index (χ2n) is 4.77. The summed E-state index contributed by atoms with van der Waals surface area (Å²) in [6.45, 7) is 4.65. The maximum atomic E-state index is 12.1. The standard InChI is InChI=1S/C11H18N4O/c16-11-9-6-13-4-2-10(9)14-15(11)7-8-1-3-12-5-8/h8,12-14H,1-7H2. The molecule has 88 valence electrons. The number of hydrogen-bond acceptors (Lipinski definition) is 3. The van der Waals surface area contributed by atoms with Crippen molar-refractivity contribution < 1.29 is 0 Å². The van der Waals surface area contributed by atoms with Crippen molar-refractivity contribution in [1.29, 1.82) is 0 Å². The average molecular weight is 222 g/mol. The summed E-state index contributed by atoms with van der Waals surface area (Å²) >= 11 is 0. The van der Waals surface area contributed by atoms with Gasteiger partial charge >= 0.3 is 0 Å². The lowest BCUT2D eigenvalue weighted by Gasteiger charge is -2.09. The first-order chi connectivity index (χ1) is 7.84. The van der Waals surface area contributed by atoms with Crippen molar-refractivity contribution in [2.45, 2.75) is 25.9 Å². The lowest BCUT2D eigenvalue weighted by molar-refractivity contribution is 0.439. The van der Waals surface area contributed by atoms with E-state index in [2.05, 4.69) is 15.7 Å². The zero-order valence-corrected chi connectivity index (χ0v) is 9.38. The van der Waals surface area contributed by atoms with Crippen molar-refractivity contribution in [3.8, 4) is 0 Å². The van der Waals surface area contributed by atoms with E-state index in [1.807, 2.05) is 0 Å². The predicted octanol–water partition coefficient (Wildman–Crippen LogP) is -0.568. The zero-order valence-electron chi connectivity index (χ0n) is 9.38. The van der Waals surface area contributed by atoms with Crippen molar-refractivity contribution in [2.24, 2.45) is 5.92 Å². The summed E-state index contributed by atoms with van der Waals surface area (Å²) in [7, 11) is 0. The summed E-state index contributed by atoms with van der Waals surface area (Å²) in [5.74, 6) is 0.603. The third-order valence-corrected chi connectivity index (χ3v) is 3.59. The van der Waals surface area contributed by atoms with Crippen LogP contribution in [-0.2, 0) is 19.5 Å². The highest BCUT2D eigenvalue weighted by Crippen LogP contribution is 2.11. The minimum absolute atomic E-state index is 0.175. The lowest BCUT2D eigenvalue weighted by Crippen LogP contribution is -2.28. The van der Waals surface area contributed by atoms with Gasteiger partial charge in [0.1, 0.15) is 0 Å². The Morgan fingerprint density at radius 3 is 3.00 bits per heavy atom. The Kier molecular flexibility index (Phi) is 2.57. The highest BCUT2D eigenvalue weighted by molar-refractivity contribution is 5.19. The number of H-pyrrole nitrogens is 1. The van der Waals surface area contributed by atoms with Crippen LogP contribution in [0, 0.1) is 5.92 Å². The third kappa shape index (κ3) is 1.70. The molecule has 0 saturated carbocycles. The van der Waals surface area contributed by atoms with Gasteiger partial charge in [0.2, 0.25) is 0 Å². The molecule has 3 N–H and O–H groups in total. The molecular weight excluding hydrogens is 204 g/mol. The molecule has 1 aromatic rings. The molecule has 0 spiro atoms. The van der Waals surface area contributed by atoms with E-state index in [0.29, 0.717) is 5.92 Å². The van der Waals surface area contributed by atoms with Crippen molar-refractivity contribution >= 4 is 0 Å². The Morgan fingerprint density at radius 1 is 1.31 bits per heavy atom. The van der Waals surface area contributed by atoms with Gasteiger partial charge in [-0.05, 0) is 25.4 Å². The molecule has 0 amide bonds. The van der Waals surface area contributed by atoms with Crippen LogP contribution in [0.2, 0.25) is 0 Å². The quantitative estimate of drug-likeness (QED) is 0.628.